The van der Waals surface area contributed by atoms with Crippen molar-refractivity contribution in [2.45, 2.75) is 30.2 Å². The summed E-state index contributed by atoms with van der Waals surface area (Å²) in [4.78, 5) is 30.1. The van der Waals surface area contributed by atoms with Crippen molar-refractivity contribution in [2.24, 2.45) is 7.05 Å². The predicted octanol–water partition coefficient (Wildman–Crippen LogP) is 4.61. The molecule has 0 bridgehead atoms. The highest BCUT2D eigenvalue weighted by atomic mass is 35.5. The minimum Gasteiger partial charge on any atom is -0.493 e. The van der Waals surface area contributed by atoms with Gasteiger partial charge in [0.05, 0.1) is 19.3 Å². The number of aromatic nitrogens is 2. The second-order valence-corrected chi connectivity index (χ2v) is 8.97. The summed E-state index contributed by atoms with van der Waals surface area (Å²) in [6.07, 6.45) is 0.149. The van der Waals surface area contributed by atoms with Crippen molar-refractivity contribution >= 4 is 35.1 Å². The number of methoxy groups -OCH3 is 1. The van der Waals surface area contributed by atoms with Gasteiger partial charge in [0.2, 0.25) is 5.91 Å². The van der Waals surface area contributed by atoms with Gasteiger partial charge in [-0.3, -0.25) is 9.59 Å². The third-order valence-corrected chi connectivity index (χ3v) is 6.78. The summed E-state index contributed by atoms with van der Waals surface area (Å²) in [6, 6.07) is 13.0. The zero-order valence-electron chi connectivity index (χ0n) is 18.6. The molecule has 33 heavy (non-hydrogen) atoms. The Hall–Kier alpha value is -2.97. The van der Waals surface area contributed by atoms with E-state index in [-0.39, 0.29) is 17.9 Å². The molecule has 172 valence electrons. The molecule has 0 saturated carbocycles. The lowest BCUT2D eigenvalue weighted by Crippen LogP contribution is -2.33. The van der Waals surface area contributed by atoms with Gasteiger partial charge < -0.3 is 19.4 Å². The maximum absolute atomic E-state index is 13.2. The average molecular weight is 486 g/mol. The van der Waals surface area contributed by atoms with E-state index in [9.17, 15) is 9.59 Å². The number of carbonyl (C=O) groups is 1. The maximum Gasteiger partial charge on any atom is 0.279 e. The lowest BCUT2D eigenvalue weighted by molar-refractivity contribution is -0.116. The number of ether oxygens (including phenoxy) is 2. The Kier molecular flexibility index (Phi) is 6.95. The van der Waals surface area contributed by atoms with Gasteiger partial charge in [0.1, 0.15) is 5.82 Å². The van der Waals surface area contributed by atoms with Crippen LogP contribution in [-0.2, 0) is 17.6 Å². The Morgan fingerprint density at radius 2 is 2.03 bits per heavy atom. The van der Waals surface area contributed by atoms with E-state index in [1.54, 1.807) is 24.8 Å². The third kappa shape index (κ3) is 4.86. The summed E-state index contributed by atoms with van der Waals surface area (Å²) in [5.41, 5.74) is 1.93. The van der Waals surface area contributed by atoms with Crippen LogP contribution < -0.4 is 20.3 Å². The fourth-order valence-corrected chi connectivity index (χ4v) is 5.02. The van der Waals surface area contributed by atoms with E-state index in [2.05, 4.69) is 10.3 Å². The Balaban J connectivity index is 1.71. The van der Waals surface area contributed by atoms with Crippen molar-refractivity contribution < 1.29 is 14.3 Å². The van der Waals surface area contributed by atoms with E-state index < -0.39 is 5.92 Å². The number of rotatable bonds is 7. The molecule has 1 atom stereocenters. The standard InChI is InChI=1S/C24H24ClN3O4S/c1-4-32-18-9-8-15(11-19(18)31-3)17-12-20(29)26-22-21(17)23(30)27-24(28(22)2)33-13-14-6-5-7-16(25)10-14/h5-11,17H,4,12-13H2,1-3H3,(H,26,29)/t17-/m0/s1. The number of benzene rings is 2. The first-order chi connectivity index (χ1) is 15.9. The van der Waals surface area contributed by atoms with Crippen molar-refractivity contribution in [3.63, 3.8) is 0 Å². The minimum atomic E-state index is -0.434. The highest BCUT2D eigenvalue weighted by Gasteiger charge is 2.32. The average Bonchev–Trinajstić information content (AvgIpc) is 2.80. The second-order valence-electron chi connectivity index (χ2n) is 7.59. The van der Waals surface area contributed by atoms with Crippen molar-refractivity contribution in [3.8, 4) is 11.5 Å². The summed E-state index contributed by atoms with van der Waals surface area (Å²) in [7, 11) is 3.36. The van der Waals surface area contributed by atoms with Crippen LogP contribution in [0.15, 0.2) is 52.4 Å². The molecule has 0 saturated heterocycles. The van der Waals surface area contributed by atoms with Gasteiger partial charge >= 0.3 is 0 Å². The number of hydrogen-bond donors (Lipinski definition) is 1. The molecule has 4 rings (SSSR count). The zero-order valence-corrected chi connectivity index (χ0v) is 20.1. The van der Waals surface area contributed by atoms with Crippen LogP contribution in [0.1, 0.15) is 36.0 Å². The van der Waals surface area contributed by atoms with Crippen LogP contribution in [-0.4, -0.2) is 29.2 Å². The first-order valence-corrected chi connectivity index (χ1v) is 11.9. The van der Waals surface area contributed by atoms with E-state index in [0.29, 0.717) is 45.4 Å². The van der Waals surface area contributed by atoms with E-state index in [1.165, 1.54) is 11.8 Å². The fourth-order valence-electron chi connectivity index (χ4n) is 3.90. The Morgan fingerprint density at radius 1 is 1.21 bits per heavy atom. The van der Waals surface area contributed by atoms with Crippen LogP contribution in [0.5, 0.6) is 11.5 Å². The minimum absolute atomic E-state index is 0.149. The molecule has 0 aliphatic carbocycles. The molecule has 1 amide bonds. The third-order valence-electron chi connectivity index (χ3n) is 5.45. The van der Waals surface area contributed by atoms with Crippen LogP contribution in [0, 0.1) is 0 Å². The van der Waals surface area contributed by atoms with Gasteiger partial charge in [0.15, 0.2) is 16.7 Å². The van der Waals surface area contributed by atoms with Crippen LogP contribution in [0.4, 0.5) is 5.82 Å². The van der Waals surface area contributed by atoms with Crippen molar-refractivity contribution in [1.82, 2.24) is 9.55 Å². The molecule has 0 radical (unpaired) electrons. The topological polar surface area (TPSA) is 82.5 Å². The van der Waals surface area contributed by atoms with E-state index in [0.717, 1.165) is 11.1 Å². The van der Waals surface area contributed by atoms with Crippen molar-refractivity contribution in [1.29, 1.82) is 0 Å². The second kappa shape index (κ2) is 9.89. The van der Waals surface area contributed by atoms with E-state index >= 15 is 0 Å². The Bertz CT molecular complexity index is 1260. The number of thioether (sulfide) groups is 1. The number of anilines is 1. The predicted molar refractivity (Wildman–Crippen MR) is 130 cm³/mol. The molecule has 0 fully saturated rings. The number of carbonyl (C=O) groups excluding carboxylic acids is 1. The lowest BCUT2D eigenvalue weighted by Gasteiger charge is -2.28. The Labute approximate surface area is 201 Å². The van der Waals surface area contributed by atoms with E-state index in [4.69, 9.17) is 21.1 Å². The molecule has 0 unspecified atom stereocenters. The summed E-state index contributed by atoms with van der Waals surface area (Å²) < 4.78 is 12.8. The maximum atomic E-state index is 13.2. The van der Waals surface area contributed by atoms with Gasteiger partial charge in [0, 0.05) is 30.2 Å². The van der Waals surface area contributed by atoms with Crippen molar-refractivity contribution in [2.75, 3.05) is 19.0 Å². The Morgan fingerprint density at radius 3 is 2.76 bits per heavy atom. The highest BCUT2D eigenvalue weighted by molar-refractivity contribution is 7.98. The van der Waals surface area contributed by atoms with Gasteiger partial charge in [-0.05, 0) is 42.3 Å². The summed E-state index contributed by atoms with van der Waals surface area (Å²) in [5.74, 6) is 1.64. The number of halogens is 1. The van der Waals surface area contributed by atoms with Crippen LogP contribution >= 0.6 is 23.4 Å². The van der Waals surface area contributed by atoms with Crippen LogP contribution in [0.3, 0.4) is 0 Å². The molecule has 2 aromatic carbocycles. The molecule has 1 aromatic heterocycles. The van der Waals surface area contributed by atoms with Crippen LogP contribution in [0.2, 0.25) is 5.02 Å². The van der Waals surface area contributed by atoms with Crippen molar-refractivity contribution in [3.05, 3.63) is 74.5 Å². The number of nitrogens with zero attached hydrogens (tertiary/aromatic N) is 2. The van der Waals surface area contributed by atoms with Gasteiger partial charge in [-0.2, -0.15) is 4.98 Å². The largest absolute Gasteiger partial charge is 0.493 e. The molecule has 2 heterocycles. The zero-order chi connectivity index (χ0) is 23.5. The number of fused-ring (bicyclic) bond motifs is 1. The normalized spacial score (nSPS) is 15.0. The molecule has 9 heteroatoms. The first-order valence-electron chi connectivity index (χ1n) is 10.5. The molecule has 7 nitrogen and oxygen atoms in total. The molecule has 0 spiro atoms. The number of amides is 1. The summed E-state index contributed by atoms with van der Waals surface area (Å²) in [5, 5.41) is 4.04. The van der Waals surface area contributed by atoms with Gasteiger partial charge in [-0.1, -0.05) is 41.6 Å². The van der Waals surface area contributed by atoms with Gasteiger partial charge in [-0.15, -0.1) is 0 Å². The van der Waals surface area contributed by atoms with Gasteiger partial charge in [0.25, 0.3) is 5.56 Å². The molecule has 3 aromatic rings. The number of nitrogens with one attached hydrogen (secondary N) is 1. The first kappa shape index (κ1) is 23.2. The molecule has 1 aliphatic heterocycles. The smallest absolute Gasteiger partial charge is 0.279 e. The fraction of sp³-hybridized carbons (Fsp3) is 0.292. The SMILES string of the molecule is CCOc1ccc([C@@H]2CC(=O)Nc3c2c(=O)nc(SCc2cccc(Cl)c2)n3C)cc1OC. The summed E-state index contributed by atoms with van der Waals surface area (Å²) in [6.45, 7) is 2.40. The number of hydrogen-bond acceptors (Lipinski definition) is 6. The van der Waals surface area contributed by atoms with Gasteiger partial charge in [-0.25, -0.2) is 0 Å². The molecular formula is C24H24ClN3O4S. The quantitative estimate of drug-likeness (QED) is 0.389. The monoisotopic (exact) mass is 485 g/mol. The highest BCUT2D eigenvalue weighted by Crippen LogP contribution is 2.39. The molecule has 1 aliphatic rings. The molecular weight excluding hydrogens is 462 g/mol. The molecule has 1 N–H and O–H groups in total. The lowest BCUT2D eigenvalue weighted by atomic mass is 9.86. The summed E-state index contributed by atoms with van der Waals surface area (Å²) >= 11 is 7.49. The van der Waals surface area contributed by atoms with E-state index in [1.807, 2.05) is 43.3 Å². The van der Waals surface area contributed by atoms with Crippen LogP contribution in [0.25, 0.3) is 0 Å².